The molecule has 2 aromatic carbocycles. The molecule has 2 aliphatic rings. The summed E-state index contributed by atoms with van der Waals surface area (Å²) < 4.78 is 62.1. The fraction of sp³-hybridized carbons (Fsp3) is 0.207. The number of rotatable bonds is 7. The van der Waals surface area contributed by atoms with E-state index in [1.165, 1.54) is 47.5 Å². The number of nitrogens with zero attached hydrogens (tertiary/aromatic N) is 5. The molecule has 0 radical (unpaired) electrons. The Morgan fingerprint density at radius 1 is 0.975 bits per heavy atom. The van der Waals surface area contributed by atoms with Gasteiger partial charge in [-0.2, -0.15) is 18.3 Å². The molecule has 3 heterocycles. The minimum absolute atomic E-state index is 0.0744. The highest BCUT2D eigenvalue weighted by Gasteiger charge is 2.34. The van der Waals surface area contributed by atoms with Gasteiger partial charge in [-0.15, -0.1) is 0 Å². The molecule has 0 amide bonds. The van der Waals surface area contributed by atoms with Crippen molar-refractivity contribution in [1.29, 1.82) is 0 Å². The molecule has 204 valence electrons. The quantitative estimate of drug-likeness (QED) is 0.170. The Kier molecular flexibility index (Phi) is 7.29. The zero-order chi connectivity index (χ0) is 28.4. The summed E-state index contributed by atoms with van der Waals surface area (Å²) in [5.74, 6) is -0.941. The van der Waals surface area contributed by atoms with E-state index >= 15 is 0 Å². The van der Waals surface area contributed by atoms with Crippen LogP contribution in [0.1, 0.15) is 36.1 Å². The van der Waals surface area contributed by atoms with Gasteiger partial charge in [0.2, 0.25) is 0 Å². The first-order valence-electron chi connectivity index (χ1n) is 12.4. The lowest BCUT2D eigenvalue weighted by atomic mass is 10.00. The molecule has 0 N–H and O–H groups in total. The van der Waals surface area contributed by atoms with Gasteiger partial charge < -0.3 is 4.74 Å². The second-order valence-electron chi connectivity index (χ2n) is 9.14. The zero-order valence-electron chi connectivity index (χ0n) is 21.5. The molecule has 0 saturated carbocycles. The first kappa shape index (κ1) is 26.9. The van der Waals surface area contributed by atoms with Crippen LogP contribution in [0.25, 0.3) is 34.0 Å². The van der Waals surface area contributed by atoms with Gasteiger partial charge in [0.05, 0.1) is 35.8 Å². The van der Waals surface area contributed by atoms with Crippen LogP contribution in [0.5, 0.6) is 0 Å². The molecular formula is C29H23F4N5O2. The number of carbonyl (C=O) groups excluding carboxylic acids is 1. The van der Waals surface area contributed by atoms with Crippen LogP contribution in [-0.2, 0) is 15.7 Å². The number of fused-ring (bicyclic) bond motifs is 1. The maximum Gasteiger partial charge on any atom is 0.417 e. The van der Waals surface area contributed by atoms with Crippen LogP contribution in [0, 0.1) is 12.7 Å². The Morgan fingerprint density at radius 3 is 2.45 bits per heavy atom. The molecule has 0 aliphatic carbocycles. The van der Waals surface area contributed by atoms with Crippen LogP contribution in [0.4, 0.5) is 17.6 Å². The van der Waals surface area contributed by atoms with Gasteiger partial charge in [0.15, 0.2) is 11.9 Å². The third-order valence-electron chi connectivity index (χ3n) is 6.19. The molecule has 1 unspecified atom stereocenters. The van der Waals surface area contributed by atoms with Crippen molar-refractivity contribution in [3.05, 3.63) is 95.7 Å². The third-order valence-corrected chi connectivity index (χ3v) is 6.19. The fourth-order valence-corrected chi connectivity index (χ4v) is 4.26. The number of imidazole rings is 1. The van der Waals surface area contributed by atoms with E-state index in [0.717, 1.165) is 6.07 Å². The maximum atomic E-state index is 14.3. The number of alkyl halides is 3. The molecule has 1 atom stereocenters. The minimum Gasteiger partial charge on any atom is -0.464 e. The summed E-state index contributed by atoms with van der Waals surface area (Å²) in [5.41, 5.74) is 1.01. The number of hydrogen-bond donors (Lipinski definition) is 0. The molecule has 40 heavy (non-hydrogen) atoms. The Morgan fingerprint density at radius 2 is 1.75 bits per heavy atom. The van der Waals surface area contributed by atoms with E-state index in [4.69, 9.17) is 4.74 Å². The number of carbonyl (C=O) groups is 1. The lowest BCUT2D eigenvalue weighted by Gasteiger charge is -2.19. The van der Waals surface area contributed by atoms with E-state index < -0.39 is 29.6 Å². The molecule has 0 spiro atoms. The molecule has 0 saturated heterocycles. The van der Waals surface area contributed by atoms with Crippen molar-refractivity contribution in [2.45, 2.75) is 32.5 Å². The maximum absolute atomic E-state index is 14.3. The monoisotopic (exact) mass is 549 g/mol. The molecule has 7 nitrogen and oxygen atoms in total. The van der Waals surface area contributed by atoms with E-state index in [-0.39, 0.29) is 29.3 Å². The average molecular weight is 550 g/mol. The van der Waals surface area contributed by atoms with Crippen molar-refractivity contribution in [1.82, 2.24) is 24.7 Å². The standard InChI is InChI=1S/C29H23F4N5O2/c1-3-12-40-28(39)26(18-9-11-23(34-14-18)19-10-8-17(2)13-21(19)29(31,32)33)38-16-25-24(15-35-38)36-27(37-25)20-6-4-5-7-22(20)30/h4-11,13-16,26H,3,12H2,1-2H3. The Hall–Kier alpha value is -4.67. The number of ether oxygens (including phenoxy) is 1. The van der Waals surface area contributed by atoms with Crippen LogP contribution < -0.4 is 0 Å². The van der Waals surface area contributed by atoms with Crippen LogP contribution in [-0.4, -0.2) is 37.3 Å². The summed E-state index contributed by atoms with van der Waals surface area (Å²) in [6.07, 6.45) is 0.233. The van der Waals surface area contributed by atoms with Crippen molar-refractivity contribution in [3.63, 3.8) is 0 Å². The number of benzene rings is 2. The molecular weight excluding hydrogens is 526 g/mol. The van der Waals surface area contributed by atoms with E-state index in [2.05, 4.69) is 20.1 Å². The summed E-state index contributed by atoms with van der Waals surface area (Å²) in [7, 11) is 0. The van der Waals surface area contributed by atoms with Gasteiger partial charge in [-0.25, -0.2) is 19.2 Å². The summed E-state index contributed by atoms with van der Waals surface area (Å²) in [6.45, 7) is 3.59. The summed E-state index contributed by atoms with van der Waals surface area (Å²) in [5, 5.41) is 4.32. The predicted octanol–water partition coefficient (Wildman–Crippen LogP) is 6.52. The van der Waals surface area contributed by atoms with Gasteiger partial charge >= 0.3 is 12.1 Å². The number of esters is 1. The van der Waals surface area contributed by atoms with E-state index in [1.54, 1.807) is 31.2 Å². The second kappa shape index (κ2) is 10.8. The zero-order valence-corrected chi connectivity index (χ0v) is 21.5. The Bertz CT molecular complexity index is 1630. The summed E-state index contributed by atoms with van der Waals surface area (Å²) in [6, 6.07) is 11.9. The third kappa shape index (κ3) is 5.40. The number of hydrogen-bond acceptors (Lipinski definition) is 6. The van der Waals surface area contributed by atoms with Crippen LogP contribution >= 0.6 is 0 Å². The van der Waals surface area contributed by atoms with Crippen molar-refractivity contribution in [3.8, 4) is 34.0 Å². The van der Waals surface area contributed by atoms with Crippen LogP contribution in [0.2, 0.25) is 0 Å². The number of aryl methyl sites for hydroxylation is 1. The highest BCUT2D eigenvalue weighted by atomic mass is 19.4. The molecule has 1 aromatic heterocycles. The lowest BCUT2D eigenvalue weighted by Crippen LogP contribution is -2.25. The fourth-order valence-electron chi connectivity index (χ4n) is 4.26. The molecule has 5 rings (SSSR count). The van der Waals surface area contributed by atoms with Gasteiger partial charge in [-0.1, -0.05) is 42.8 Å². The van der Waals surface area contributed by atoms with Gasteiger partial charge in [-0.3, -0.25) is 9.67 Å². The normalized spacial score (nSPS) is 12.4. The first-order valence-corrected chi connectivity index (χ1v) is 12.4. The first-order chi connectivity index (χ1) is 19.2. The van der Waals surface area contributed by atoms with Crippen LogP contribution in [0.3, 0.4) is 0 Å². The smallest absolute Gasteiger partial charge is 0.417 e. The highest BCUT2D eigenvalue weighted by molar-refractivity contribution is 5.78. The molecule has 2 aliphatic heterocycles. The molecule has 0 fully saturated rings. The second-order valence-corrected chi connectivity index (χ2v) is 9.14. The van der Waals surface area contributed by atoms with Gasteiger partial charge in [0.1, 0.15) is 17.2 Å². The van der Waals surface area contributed by atoms with Crippen LogP contribution in [0.15, 0.2) is 73.2 Å². The van der Waals surface area contributed by atoms with Gasteiger partial charge in [0, 0.05) is 17.3 Å². The predicted molar refractivity (Wildman–Crippen MR) is 139 cm³/mol. The highest BCUT2D eigenvalue weighted by Crippen LogP contribution is 2.37. The van der Waals surface area contributed by atoms with Gasteiger partial charge in [-0.05, 0) is 37.6 Å². The summed E-state index contributed by atoms with van der Waals surface area (Å²) >= 11 is 0. The average Bonchev–Trinajstić information content (AvgIpc) is 3.35. The van der Waals surface area contributed by atoms with Crippen molar-refractivity contribution >= 4 is 5.97 Å². The largest absolute Gasteiger partial charge is 0.464 e. The van der Waals surface area contributed by atoms with Crippen molar-refractivity contribution < 1.29 is 27.1 Å². The number of aromatic nitrogens is 5. The Balaban J connectivity index is 1.54. The Labute approximate surface area is 226 Å². The number of halogens is 4. The topological polar surface area (TPSA) is 82.8 Å². The van der Waals surface area contributed by atoms with Crippen molar-refractivity contribution in [2.24, 2.45) is 0 Å². The van der Waals surface area contributed by atoms with Crippen molar-refractivity contribution in [2.75, 3.05) is 6.61 Å². The van der Waals surface area contributed by atoms with Gasteiger partial charge in [0.25, 0.3) is 0 Å². The van der Waals surface area contributed by atoms with E-state index in [9.17, 15) is 22.4 Å². The van der Waals surface area contributed by atoms with E-state index in [1.807, 2.05) is 6.92 Å². The summed E-state index contributed by atoms with van der Waals surface area (Å²) in [4.78, 5) is 26.2. The molecule has 0 bridgehead atoms. The minimum atomic E-state index is -4.56. The molecule has 11 heteroatoms. The number of pyridine rings is 1. The lowest BCUT2D eigenvalue weighted by molar-refractivity contribution is -0.146. The molecule has 3 aromatic rings. The SMILES string of the molecule is CCCOC(=O)C(c1ccc(-c2ccc(C)cc2C(F)(F)F)nc1)n1cc2nc(-c3ccccc3F)nc-2cn1. The van der Waals surface area contributed by atoms with E-state index in [0.29, 0.717) is 28.9 Å².